The molecule has 0 bridgehead atoms. The van der Waals surface area contributed by atoms with Gasteiger partial charge in [0, 0.05) is 24.7 Å². The smallest absolute Gasteiger partial charge is 0.250 e. The predicted molar refractivity (Wildman–Crippen MR) is 63.2 cm³/mol. The molecule has 0 aromatic carbocycles. The number of ether oxygens (including phenoxy) is 1. The lowest BCUT2D eigenvalue weighted by Gasteiger charge is -2.01. The first-order valence-corrected chi connectivity index (χ1v) is 5.97. The van der Waals surface area contributed by atoms with Crippen molar-refractivity contribution in [2.75, 3.05) is 19.7 Å². The molecule has 2 aromatic heterocycles. The number of nitrogens with one attached hydrogen (secondary N) is 1. The molecule has 3 rings (SSSR count). The number of hydrogen-bond donors (Lipinski definition) is 1. The first-order valence-electron chi connectivity index (χ1n) is 5.97. The number of fused-ring (bicyclic) bond motifs is 1. The standard InChI is InChI=1S/C12H15N3O2/c1-2-16-9-4-6-14-12-10(9)15-11(17-12)8-3-5-13-7-8/h4,6,8,13H,2-3,5,7H2,1H3. The second-order valence-electron chi connectivity index (χ2n) is 4.14. The van der Waals surface area contributed by atoms with E-state index in [9.17, 15) is 0 Å². The van der Waals surface area contributed by atoms with Crippen LogP contribution in [0.15, 0.2) is 16.7 Å². The van der Waals surface area contributed by atoms with Gasteiger partial charge in [-0.1, -0.05) is 0 Å². The second kappa shape index (κ2) is 4.33. The van der Waals surface area contributed by atoms with Gasteiger partial charge in [0.2, 0.25) is 5.89 Å². The van der Waals surface area contributed by atoms with Crippen LogP contribution in [0.1, 0.15) is 25.2 Å². The quantitative estimate of drug-likeness (QED) is 0.874. The molecular weight excluding hydrogens is 218 g/mol. The second-order valence-corrected chi connectivity index (χ2v) is 4.14. The van der Waals surface area contributed by atoms with Crippen molar-refractivity contribution in [1.29, 1.82) is 0 Å². The summed E-state index contributed by atoms with van der Waals surface area (Å²) in [4.78, 5) is 8.71. The molecule has 1 saturated heterocycles. The van der Waals surface area contributed by atoms with Gasteiger partial charge in [-0.25, -0.2) is 9.97 Å². The molecular formula is C12H15N3O2. The minimum atomic E-state index is 0.360. The summed E-state index contributed by atoms with van der Waals surface area (Å²) in [7, 11) is 0. The van der Waals surface area contributed by atoms with E-state index in [1.807, 2.05) is 13.0 Å². The van der Waals surface area contributed by atoms with Gasteiger partial charge < -0.3 is 14.5 Å². The van der Waals surface area contributed by atoms with Gasteiger partial charge in [0.05, 0.1) is 6.61 Å². The maximum Gasteiger partial charge on any atom is 0.250 e. The van der Waals surface area contributed by atoms with Gasteiger partial charge in [0.1, 0.15) is 0 Å². The molecule has 0 aliphatic carbocycles. The van der Waals surface area contributed by atoms with Crippen molar-refractivity contribution in [3.05, 3.63) is 18.2 Å². The highest BCUT2D eigenvalue weighted by atomic mass is 16.5. The molecule has 5 nitrogen and oxygen atoms in total. The molecule has 0 amide bonds. The molecule has 0 radical (unpaired) electrons. The summed E-state index contributed by atoms with van der Waals surface area (Å²) in [6.45, 7) is 4.52. The maximum absolute atomic E-state index is 5.70. The van der Waals surface area contributed by atoms with Crippen molar-refractivity contribution >= 4 is 11.2 Å². The van der Waals surface area contributed by atoms with E-state index in [1.165, 1.54) is 0 Å². The Morgan fingerprint density at radius 3 is 3.29 bits per heavy atom. The van der Waals surface area contributed by atoms with Gasteiger partial charge in [-0.05, 0) is 19.9 Å². The van der Waals surface area contributed by atoms with Gasteiger partial charge in [0.25, 0.3) is 5.71 Å². The first-order chi connectivity index (χ1) is 8.38. The van der Waals surface area contributed by atoms with Crippen molar-refractivity contribution in [2.24, 2.45) is 0 Å². The fraction of sp³-hybridized carbons (Fsp3) is 0.500. The third-order valence-corrected chi connectivity index (χ3v) is 2.99. The monoisotopic (exact) mass is 233 g/mol. The Labute approximate surface area is 99.2 Å². The van der Waals surface area contributed by atoms with E-state index in [0.717, 1.165) is 36.7 Å². The fourth-order valence-corrected chi connectivity index (χ4v) is 2.14. The average Bonchev–Trinajstić information content (AvgIpc) is 2.98. The van der Waals surface area contributed by atoms with E-state index >= 15 is 0 Å². The molecule has 5 heteroatoms. The van der Waals surface area contributed by atoms with Crippen molar-refractivity contribution in [1.82, 2.24) is 15.3 Å². The molecule has 0 saturated carbocycles. The van der Waals surface area contributed by atoms with Crippen LogP contribution in [-0.4, -0.2) is 29.7 Å². The topological polar surface area (TPSA) is 60.2 Å². The zero-order valence-electron chi connectivity index (χ0n) is 9.77. The van der Waals surface area contributed by atoms with Gasteiger partial charge in [-0.3, -0.25) is 0 Å². The largest absolute Gasteiger partial charge is 0.491 e. The van der Waals surface area contributed by atoms with Crippen molar-refractivity contribution in [2.45, 2.75) is 19.3 Å². The lowest BCUT2D eigenvalue weighted by atomic mass is 10.1. The number of nitrogens with zero attached hydrogens (tertiary/aromatic N) is 2. The van der Waals surface area contributed by atoms with Crippen LogP contribution in [0, 0.1) is 0 Å². The molecule has 1 unspecified atom stereocenters. The number of rotatable bonds is 3. The zero-order valence-corrected chi connectivity index (χ0v) is 9.77. The number of oxazole rings is 1. The molecule has 90 valence electrons. The summed E-state index contributed by atoms with van der Waals surface area (Å²) in [5.41, 5.74) is 1.30. The summed E-state index contributed by atoms with van der Waals surface area (Å²) in [5.74, 6) is 1.88. The molecule has 1 aliphatic heterocycles. The van der Waals surface area contributed by atoms with E-state index in [2.05, 4.69) is 15.3 Å². The van der Waals surface area contributed by atoms with E-state index in [1.54, 1.807) is 6.20 Å². The van der Waals surface area contributed by atoms with Crippen LogP contribution in [0.25, 0.3) is 11.2 Å². The highest BCUT2D eigenvalue weighted by molar-refractivity contribution is 5.75. The summed E-state index contributed by atoms with van der Waals surface area (Å²) in [6.07, 6.45) is 2.76. The number of pyridine rings is 1. The van der Waals surface area contributed by atoms with Gasteiger partial charge in [-0.15, -0.1) is 0 Å². The molecule has 1 atom stereocenters. The lowest BCUT2D eigenvalue weighted by molar-refractivity contribution is 0.343. The minimum absolute atomic E-state index is 0.360. The van der Waals surface area contributed by atoms with Crippen LogP contribution in [0.2, 0.25) is 0 Å². The van der Waals surface area contributed by atoms with Crippen LogP contribution in [0.3, 0.4) is 0 Å². The Morgan fingerprint density at radius 1 is 1.59 bits per heavy atom. The van der Waals surface area contributed by atoms with Gasteiger partial charge in [0.15, 0.2) is 11.3 Å². The predicted octanol–water partition coefficient (Wildman–Crippen LogP) is 1.70. The Kier molecular flexibility index (Phi) is 2.68. The van der Waals surface area contributed by atoms with Gasteiger partial charge in [-0.2, -0.15) is 0 Å². The summed E-state index contributed by atoms with van der Waals surface area (Å²) < 4.78 is 11.2. The highest BCUT2D eigenvalue weighted by Crippen LogP contribution is 2.29. The third-order valence-electron chi connectivity index (χ3n) is 2.99. The maximum atomic E-state index is 5.70. The normalized spacial score (nSPS) is 19.9. The zero-order chi connectivity index (χ0) is 11.7. The Bertz CT molecular complexity index is 517. The van der Waals surface area contributed by atoms with Crippen LogP contribution in [0.4, 0.5) is 0 Å². The Balaban J connectivity index is 2.02. The Hall–Kier alpha value is -1.62. The van der Waals surface area contributed by atoms with Crippen LogP contribution in [-0.2, 0) is 0 Å². The molecule has 3 heterocycles. The molecule has 17 heavy (non-hydrogen) atoms. The SMILES string of the molecule is CCOc1ccnc2oc(C3CCNC3)nc12. The highest BCUT2D eigenvalue weighted by Gasteiger charge is 2.23. The van der Waals surface area contributed by atoms with E-state index in [4.69, 9.17) is 9.15 Å². The molecule has 0 spiro atoms. The van der Waals surface area contributed by atoms with Crippen molar-refractivity contribution in [3.63, 3.8) is 0 Å². The number of aromatic nitrogens is 2. The third kappa shape index (κ3) is 1.86. The van der Waals surface area contributed by atoms with Crippen LogP contribution < -0.4 is 10.1 Å². The molecule has 1 aliphatic rings. The number of hydrogen-bond acceptors (Lipinski definition) is 5. The van der Waals surface area contributed by atoms with Crippen molar-refractivity contribution < 1.29 is 9.15 Å². The lowest BCUT2D eigenvalue weighted by Crippen LogP contribution is -2.07. The minimum Gasteiger partial charge on any atom is -0.491 e. The summed E-state index contributed by atoms with van der Waals surface area (Å²) >= 11 is 0. The summed E-state index contributed by atoms with van der Waals surface area (Å²) in [6, 6.07) is 1.82. The van der Waals surface area contributed by atoms with Crippen LogP contribution in [0.5, 0.6) is 5.75 Å². The Morgan fingerprint density at radius 2 is 2.53 bits per heavy atom. The molecule has 2 aromatic rings. The molecule has 1 fully saturated rings. The molecule has 1 N–H and O–H groups in total. The van der Waals surface area contributed by atoms with E-state index < -0.39 is 0 Å². The van der Waals surface area contributed by atoms with E-state index in [0.29, 0.717) is 18.2 Å². The van der Waals surface area contributed by atoms with E-state index in [-0.39, 0.29) is 0 Å². The van der Waals surface area contributed by atoms with Gasteiger partial charge >= 0.3 is 0 Å². The summed E-state index contributed by atoms with van der Waals surface area (Å²) in [5, 5.41) is 3.30. The van der Waals surface area contributed by atoms with Crippen molar-refractivity contribution in [3.8, 4) is 5.75 Å². The first kappa shape index (κ1) is 10.5. The van der Waals surface area contributed by atoms with Crippen LogP contribution >= 0.6 is 0 Å². The fourth-order valence-electron chi connectivity index (χ4n) is 2.14. The average molecular weight is 233 g/mol.